The fourth-order valence-corrected chi connectivity index (χ4v) is 2.07. The van der Waals surface area contributed by atoms with Crippen LogP contribution in [0, 0.1) is 5.82 Å². The summed E-state index contributed by atoms with van der Waals surface area (Å²) in [6.45, 7) is 0. The predicted octanol–water partition coefficient (Wildman–Crippen LogP) is 2.73. The van der Waals surface area contributed by atoms with Gasteiger partial charge in [0.1, 0.15) is 11.6 Å². The first-order valence-corrected chi connectivity index (χ1v) is 6.15. The van der Waals surface area contributed by atoms with Crippen molar-refractivity contribution in [2.75, 3.05) is 14.2 Å². The third-order valence-electron chi connectivity index (χ3n) is 3.06. The maximum Gasteiger partial charge on any atom is 0.123 e. The minimum atomic E-state index is -0.267. The Kier molecular flexibility index (Phi) is 4.47. The van der Waals surface area contributed by atoms with E-state index in [1.165, 1.54) is 12.1 Å². The number of nitrogens with one attached hydrogen (secondary N) is 1. The lowest BCUT2D eigenvalue weighted by molar-refractivity contribution is 0.399. The van der Waals surface area contributed by atoms with Crippen LogP contribution in [0.2, 0.25) is 0 Å². The van der Waals surface area contributed by atoms with Crippen molar-refractivity contribution in [1.82, 2.24) is 10.3 Å². The van der Waals surface area contributed by atoms with Gasteiger partial charge in [-0.05, 0) is 37.4 Å². The smallest absolute Gasteiger partial charge is 0.123 e. The number of benzene rings is 1. The SMILES string of the molecule is CNC(Cc1ccccn1)c1cc(F)ccc1OC. The summed E-state index contributed by atoms with van der Waals surface area (Å²) in [5, 5.41) is 3.18. The summed E-state index contributed by atoms with van der Waals surface area (Å²) in [5.41, 5.74) is 1.75. The molecule has 1 aromatic carbocycles. The van der Waals surface area contributed by atoms with E-state index in [-0.39, 0.29) is 11.9 Å². The van der Waals surface area contributed by atoms with Crippen LogP contribution in [-0.4, -0.2) is 19.1 Å². The molecule has 1 N–H and O–H groups in total. The monoisotopic (exact) mass is 260 g/mol. The summed E-state index contributed by atoms with van der Waals surface area (Å²) in [6, 6.07) is 10.3. The summed E-state index contributed by atoms with van der Waals surface area (Å²) in [6.07, 6.45) is 2.43. The van der Waals surface area contributed by atoms with Crippen LogP contribution in [0.4, 0.5) is 4.39 Å². The molecule has 1 aromatic heterocycles. The highest BCUT2D eigenvalue weighted by atomic mass is 19.1. The van der Waals surface area contributed by atoms with Gasteiger partial charge in [0, 0.05) is 29.9 Å². The molecule has 0 fully saturated rings. The average Bonchev–Trinajstić information content (AvgIpc) is 2.46. The minimum Gasteiger partial charge on any atom is -0.496 e. The molecule has 1 heterocycles. The number of rotatable bonds is 5. The Bertz CT molecular complexity index is 531. The van der Waals surface area contributed by atoms with Gasteiger partial charge in [-0.25, -0.2) is 4.39 Å². The van der Waals surface area contributed by atoms with E-state index in [0.717, 1.165) is 11.3 Å². The summed E-state index contributed by atoms with van der Waals surface area (Å²) in [5.74, 6) is 0.411. The van der Waals surface area contributed by atoms with Gasteiger partial charge in [0.2, 0.25) is 0 Å². The Morgan fingerprint density at radius 2 is 2.16 bits per heavy atom. The van der Waals surface area contributed by atoms with Gasteiger partial charge in [0.25, 0.3) is 0 Å². The second kappa shape index (κ2) is 6.29. The summed E-state index contributed by atoms with van der Waals surface area (Å²) >= 11 is 0. The van der Waals surface area contributed by atoms with Crippen molar-refractivity contribution in [3.05, 3.63) is 59.7 Å². The Balaban J connectivity index is 2.29. The normalized spacial score (nSPS) is 12.2. The first-order valence-electron chi connectivity index (χ1n) is 6.15. The Morgan fingerprint density at radius 1 is 1.32 bits per heavy atom. The second-order valence-corrected chi connectivity index (χ2v) is 4.25. The lowest BCUT2D eigenvalue weighted by Gasteiger charge is -2.19. The number of aromatic nitrogens is 1. The van der Waals surface area contributed by atoms with E-state index in [9.17, 15) is 4.39 Å². The molecule has 1 atom stereocenters. The third-order valence-corrected chi connectivity index (χ3v) is 3.06. The van der Waals surface area contributed by atoms with E-state index >= 15 is 0 Å². The first kappa shape index (κ1) is 13.5. The van der Waals surface area contributed by atoms with Crippen LogP contribution in [0.25, 0.3) is 0 Å². The van der Waals surface area contributed by atoms with E-state index in [0.29, 0.717) is 12.2 Å². The number of halogens is 1. The fraction of sp³-hybridized carbons (Fsp3) is 0.267. The van der Waals surface area contributed by atoms with Crippen molar-refractivity contribution in [3.8, 4) is 5.75 Å². The van der Waals surface area contributed by atoms with Gasteiger partial charge in [-0.3, -0.25) is 4.98 Å². The van der Waals surface area contributed by atoms with Crippen LogP contribution in [0.5, 0.6) is 5.75 Å². The number of pyridine rings is 1. The molecule has 0 spiro atoms. The molecule has 2 aromatic rings. The number of hydrogen-bond donors (Lipinski definition) is 1. The van der Waals surface area contributed by atoms with Gasteiger partial charge in [-0.15, -0.1) is 0 Å². The van der Waals surface area contributed by atoms with Crippen LogP contribution in [0.1, 0.15) is 17.3 Å². The predicted molar refractivity (Wildman–Crippen MR) is 72.7 cm³/mol. The second-order valence-electron chi connectivity index (χ2n) is 4.25. The highest BCUT2D eigenvalue weighted by Crippen LogP contribution is 2.27. The fourth-order valence-electron chi connectivity index (χ4n) is 2.07. The molecule has 3 nitrogen and oxygen atoms in total. The van der Waals surface area contributed by atoms with Crippen molar-refractivity contribution < 1.29 is 9.13 Å². The maximum atomic E-state index is 13.4. The molecule has 0 bridgehead atoms. The third kappa shape index (κ3) is 3.29. The molecule has 2 rings (SSSR count). The number of likely N-dealkylation sites (N-methyl/N-ethyl adjacent to an activating group) is 1. The highest BCUT2D eigenvalue weighted by Gasteiger charge is 2.16. The lowest BCUT2D eigenvalue weighted by atomic mass is 10.0. The molecule has 0 saturated carbocycles. The molecule has 0 amide bonds. The van der Waals surface area contributed by atoms with E-state index in [2.05, 4.69) is 10.3 Å². The van der Waals surface area contributed by atoms with E-state index in [4.69, 9.17) is 4.74 Å². The van der Waals surface area contributed by atoms with Crippen LogP contribution >= 0.6 is 0 Å². The van der Waals surface area contributed by atoms with Gasteiger partial charge < -0.3 is 10.1 Å². The molecular formula is C15H17FN2O. The van der Waals surface area contributed by atoms with Crippen molar-refractivity contribution in [3.63, 3.8) is 0 Å². The quantitative estimate of drug-likeness (QED) is 0.897. The number of ether oxygens (including phenoxy) is 1. The molecule has 19 heavy (non-hydrogen) atoms. The van der Waals surface area contributed by atoms with Gasteiger partial charge >= 0.3 is 0 Å². The first-order chi connectivity index (χ1) is 9.24. The summed E-state index contributed by atoms with van der Waals surface area (Å²) in [7, 11) is 3.43. The zero-order chi connectivity index (χ0) is 13.7. The number of nitrogens with zero attached hydrogens (tertiary/aromatic N) is 1. The maximum absolute atomic E-state index is 13.4. The van der Waals surface area contributed by atoms with Crippen LogP contribution in [0.3, 0.4) is 0 Å². The molecule has 0 saturated heterocycles. The van der Waals surface area contributed by atoms with E-state index < -0.39 is 0 Å². The van der Waals surface area contributed by atoms with Gasteiger partial charge in [-0.1, -0.05) is 6.07 Å². The average molecular weight is 260 g/mol. The molecular weight excluding hydrogens is 243 g/mol. The Morgan fingerprint density at radius 3 is 2.79 bits per heavy atom. The summed E-state index contributed by atoms with van der Waals surface area (Å²) < 4.78 is 18.7. The number of methoxy groups -OCH3 is 1. The summed E-state index contributed by atoms with van der Waals surface area (Å²) in [4.78, 5) is 4.30. The number of hydrogen-bond acceptors (Lipinski definition) is 3. The largest absolute Gasteiger partial charge is 0.496 e. The molecule has 1 unspecified atom stereocenters. The van der Waals surface area contributed by atoms with Crippen molar-refractivity contribution in [1.29, 1.82) is 0 Å². The zero-order valence-electron chi connectivity index (χ0n) is 11.1. The highest BCUT2D eigenvalue weighted by molar-refractivity contribution is 5.37. The molecule has 0 aliphatic heterocycles. The van der Waals surface area contributed by atoms with Gasteiger partial charge in [-0.2, -0.15) is 0 Å². The Labute approximate surface area is 112 Å². The molecule has 100 valence electrons. The van der Waals surface area contributed by atoms with Crippen molar-refractivity contribution in [2.24, 2.45) is 0 Å². The van der Waals surface area contributed by atoms with Crippen LogP contribution in [0.15, 0.2) is 42.6 Å². The van der Waals surface area contributed by atoms with Crippen molar-refractivity contribution >= 4 is 0 Å². The Hall–Kier alpha value is -1.94. The topological polar surface area (TPSA) is 34.2 Å². The zero-order valence-corrected chi connectivity index (χ0v) is 11.1. The van der Waals surface area contributed by atoms with Crippen molar-refractivity contribution in [2.45, 2.75) is 12.5 Å². The van der Waals surface area contributed by atoms with Gasteiger partial charge in [0.15, 0.2) is 0 Å². The van der Waals surface area contributed by atoms with Gasteiger partial charge in [0.05, 0.1) is 7.11 Å². The lowest BCUT2D eigenvalue weighted by Crippen LogP contribution is -2.20. The van der Waals surface area contributed by atoms with Crippen LogP contribution in [-0.2, 0) is 6.42 Å². The molecule has 0 aliphatic carbocycles. The molecule has 0 radical (unpaired) electrons. The standard InChI is InChI=1S/C15H17FN2O/c1-17-14(10-12-5-3-4-8-18-12)13-9-11(16)6-7-15(13)19-2/h3-9,14,17H,10H2,1-2H3. The minimum absolute atomic E-state index is 0.0412. The molecule has 0 aliphatic rings. The molecule has 4 heteroatoms. The van der Waals surface area contributed by atoms with E-state index in [1.54, 1.807) is 19.4 Å². The van der Waals surface area contributed by atoms with E-state index in [1.807, 2.05) is 25.2 Å². The van der Waals surface area contributed by atoms with Crippen LogP contribution < -0.4 is 10.1 Å².